The molecule has 0 spiro atoms. The van der Waals surface area contributed by atoms with Crippen molar-refractivity contribution in [3.8, 4) is 0 Å². The van der Waals surface area contributed by atoms with Crippen LogP contribution in [0.25, 0.3) is 5.57 Å². The Balaban J connectivity index is 2.23. The van der Waals surface area contributed by atoms with E-state index in [0.29, 0.717) is 0 Å². The second kappa shape index (κ2) is 3.37. The summed E-state index contributed by atoms with van der Waals surface area (Å²) >= 11 is 1.73. The second-order valence-corrected chi connectivity index (χ2v) is 4.00. The summed E-state index contributed by atoms with van der Waals surface area (Å²) < 4.78 is 0. The standard InChI is InChI=1S/C9H12N2S/c1-7-11-9(6-12-7)8-2-4-10-5-3-8/h2,6,10H,3-5H2,1H3. The van der Waals surface area contributed by atoms with Crippen molar-refractivity contribution in [2.45, 2.75) is 13.3 Å². The predicted octanol–water partition coefficient (Wildman–Crippen LogP) is 1.83. The molecule has 1 aromatic heterocycles. The van der Waals surface area contributed by atoms with Crippen molar-refractivity contribution >= 4 is 16.9 Å². The number of hydrogen-bond acceptors (Lipinski definition) is 3. The fourth-order valence-electron chi connectivity index (χ4n) is 1.37. The molecule has 0 saturated heterocycles. The van der Waals surface area contributed by atoms with Crippen molar-refractivity contribution in [1.82, 2.24) is 10.3 Å². The molecule has 0 fully saturated rings. The Labute approximate surface area is 76.3 Å². The van der Waals surface area contributed by atoms with E-state index in [9.17, 15) is 0 Å². The van der Waals surface area contributed by atoms with Crippen molar-refractivity contribution in [1.29, 1.82) is 0 Å². The van der Waals surface area contributed by atoms with Crippen molar-refractivity contribution < 1.29 is 0 Å². The third-order valence-electron chi connectivity index (χ3n) is 2.01. The van der Waals surface area contributed by atoms with E-state index < -0.39 is 0 Å². The van der Waals surface area contributed by atoms with Gasteiger partial charge in [0.15, 0.2) is 0 Å². The van der Waals surface area contributed by atoms with Crippen LogP contribution in [0.15, 0.2) is 11.5 Å². The molecule has 64 valence electrons. The number of thiazole rings is 1. The first-order valence-corrected chi connectivity index (χ1v) is 5.06. The molecule has 0 atom stereocenters. The zero-order valence-corrected chi connectivity index (χ0v) is 7.95. The Hall–Kier alpha value is -0.670. The average Bonchev–Trinajstić information content (AvgIpc) is 2.54. The van der Waals surface area contributed by atoms with Gasteiger partial charge in [-0.05, 0) is 25.5 Å². The topological polar surface area (TPSA) is 24.9 Å². The van der Waals surface area contributed by atoms with E-state index in [4.69, 9.17) is 0 Å². The zero-order chi connectivity index (χ0) is 8.39. The molecule has 2 nitrogen and oxygen atoms in total. The molecule has 1 aliphatic heterocycles. The van der Waals surface area contributed by atoms with Crippen LogP contribution in [0.1, 0.15) is 17.1 Å². The van der Waals surface area contributed by atoms with E-state index >= 15 is 0 Å². The summed E-state index contributed by atoms with van der Waals surface area (Å²) in [6, 6.07) is 0. The normalized spacial score (nSPS) is 17.6. The van der Waals surface area contributed by atoms with Crippen LogP contribution in [0.3, 0.4) is 0 Å². The lowest BCUT2D eigenvalue weighted by atomic mass is 10.1. The van der Waals surface area contributed by atoms with Gasteiger partial charge >= 0.3 is 0 Å². The second-order valence-electron chi connectivity index (χ2n) is 2.94. The van der Waals surface area contributed by atoms with Crippen LogP contribution >= 0.6 is 11.3 Å². The van der Waals surface area contributed by atoms with Crippen molar-refractivity contribution in [2.24, 2.45) is 0 Å². The lowest BCUT2D eigenvalue weighted by molar-refractivity contribution is 0.737. The van der Waals surface area contributed by atoms with Gasteiger partial charge in [0.1, 0.15) is 0 Å². The first kappa shape index (κ1) is 7.95. The van der Waals surface area contributed by atoms with Crippen LogP contribution in [-0.4, -0.2) is 18.1 Å². The summed E-state index contributed by atoms with van der Waals surface area (Å²) in [6.45, 7) is 4.13. The monoisotopic (exact) mass is 180 g/mol. The highest BCUT2D eigenvalue weighted by atomic mass is 32.1. The summed E-state index contributed by atoms with van der Waals surface area (Å²) in [5, 5.41) is 6.59. The minimum absolute atomic E-state index is 0.992. The number of nitrogens with one attached hydrogen (secondary N) is 1. The lowest BCUT2D eigenvalue weighted by Gasteiger charge is -2.11. The van der Waals surface area contributed by atoms with Gasteiger partial charge in [0, 0.05) is 11.9 Å². The van der Waals surface area contributed by atoms with Crippen LogP contribution in [0.4, 0.5) is 0 Å². The molecular formula is C9H12N2S. The molecule has 2 heterocycles. The highest BCUT2D eigenvalue weighted by Gasteiger charge is 2.07. The van der Waals surface area contributed by atoms with Gasteiger partial charge in [-0.15, -0.1) is 11.3 Å². The van der Waals surface area contributed by atoms with Gasteiger partial charge < -0.3 is 5.32 Å². The predicted molar refractivity (Wildman–Crippen MR) is 52.3 cm³/mol. The highest BCUT2D eigenvalue weighted by molar-refractivity contribution is 7.09. The maximum Gasteiger partial charge on any atom is 0.0901 e. The van der Waals surface area contributed by atoms with Gasteiger partial charge in [-0.1, -0.05) is 6.08 Å². The number of rotatable bonds is 1. The van der Waals surface area contributed by atoms with Crippen LogP contribution in [-0.2, 0) is 0 Å². The van der Waals surface area contributed by atoms with Gasteiger partial charge in [0.2, 0.25) is 0 Å². The van der Waals surface area contributed by atoms with E-state index in [1.807, 2.05) is 0 Å². The first-order valence-electron chi connectivity index (χ1n) is 4.18. The Morgan fingerprint density at radius 2 is 2.50 bits per heavy atom. The summed E-state index contributed by atoms with van der Waals surface area (Å²) in [4.78, 5) is 4.46. The highest BCUT2D eigenvalue weighted by Crippen LogP contribution is 2.20. The third kappa shape index (κ3) is 1.57. The summed E-state index contributed by atoms with van der Waals surface area (Å²) in [5.74, 6) is 0. The molecule has 0 aliphatic carbocycles. The maximum atomic E-state index is 4.46. The van der Waals surface area contributed by atoms with Crippen molar-refractivity contribution in [2.75, 3.05) is 13.1 Å². The van der Waals surface area contributed by atoms with Gasteiger partial charge in [-0.2, -0.15) is 0 Å². The van der Waals surface area contributed by atoms with Gasteiger partial charge in [0.05, 0.1) is 10.7 Å². The third-order valence-corrected chi connectivity index (χ3v) is 2.79. The smallest absolute Gasteiger partial charge is 0.0901 e. The number of hydrogen-bond donors (Lipinski definition) is 1. The zero-order valence-electron chi connectivity index (χ0n) is 7.13. The van der Waals surface area contributed by atoms with E-state index in [1.165, 1.54) is 11.3 Å². The summed E-state index contributed by atoms with van der Waals surface area (Å²) in [5.41, 5.74) is 2.58. The number of aryl methyl sites for hydroxylation is 1. The SMILES string of the molecule is Cc1nc(C2=CCNCC2)cs1. The van der Waals surface area contributed by atoms with E-state index in [-0.39, 0.29) is 0 Å². The van der Waals surface area contributed by atoms with Crippen molar-refractivity contribution in [3.05, 3.63) is 22.2 Å². The van der Waals surface area contributed by atoms with E-state index in [0.717, 1.165) is 24.5 Å². The molecule has 1 aliphatic rings. The molecule has 0 unspecified atom stereocenters. The molecule has 3 heteroatoms. The Kier molecular flexibility index (Phi) is 2.23. The maximum absolute atomic E-state index is 4.46. The number of nitrogens with zero attached hydrogens (tertiary/aromatic N) is 1. The molecule has 0 radical (unpaired) electrons. The fourth-order valence-corrected chi connectivity index (χ4v) is 2.00. The molecule has 0 aromatic carbocycles. The molecule has 0 amide bonds. The van der Waals surface area contributed by atoms with Crippen LogP contribution in [0.2, 0.25) is 0 Å². The van der Waals surface area contributed by atoms with Gasteiger partial charge in [0.25, 0.3) is 0 Å². The molecule has 1 N–H and O–H groups in total. The molecule has 12 heavy (non-hydrogen) atoms. The number of aromatic nitrogens is 1. The quantitative estimate of drug-likeness (QED) is 0.713. The van der Waals surface area contributed by atoms with Crippen LogP contribution in [0, 0.1) is 6.92 Å². The molecule has 1 aromatic rings. The molecule has 0 saturated carbocycles. The first-order chi connectivity index (χ1) is 5.86. The van der Waals surface area contributed by atoms with Crippen LogP contribution in [0.5, 0.6) is 0 Å². The molecule has 0 bridgehead atoms. The van der Waals surface area contributed by atoms with E-state index in [1.54, 1.807) is 11.3 Å². The minimum Gasteiger partial charge on any atom is -0.313 e. The Morgan fingerprint density at radius 1 is 1.58 bits per heavy atom. The summed E-state index contributed by atoms with van der Waals surface area (Å²) in [7, 11) is 0. The largest absolute Gasteiger partial charge is 0.313 e. The fraction of sp³-hybridized carbons (Fsp3) is 0.444. The van der Waals surface area contributed by atoms with Gasteiger partial charge in [-0.25, -0.2) is 4.98 Å². The lowest BCUT2D eigenvalue weighted by Crippen LogP contribution is -2.20. The average molecular weight is 180 g/mol. The Morgan fingerprint density at radius 3 is 3.08 bits per heavy atom. The van der Waals surface area contributed by atoms with Crippen LogP contribution < -0.4 is 5.32 Å². The minimum atomic E-state index is 0.992. The summed E-state index contributed by atoms with van der Waals surface area (Å²) in [6.07, 6.45) is 3.35. The van der Waals surface area contributed by atoms with E-state index in [2.05, 4.69) is 28.7 Å². The van der Waals surface area contributed by atoms with Gasteiger partial charge in [-0.3, -0.25) is 0 Å². The Bertz CT molecular complexity index is 301. The molecular weight excluding hydrogens is 168 g/mol. The van der Waals surface area contributed by atoms with Crippen molar-refractivity contribution in [3.63, 3.8) is 0 Å². The molecule has 2 rings (SSSR count).